The number of imidazole rings is 1. The Morgan fingerprint density at radius 1 is 1.32 bits per heavy atom. The number of hydrogen-bond acceptors (Lipinski definition) is 2. The molecule has 19 heavy (non-hydrogen) atoms. The Balaban J connectivity index is 2.58. The molecule has 2 rings (SSSR count). The molecule has 2 aromatic rings. The summed E-state index contributed by atoms with van der Waals surface area (Å²) in [4.78, 5) is 4.84. The van der Waals surface area contributed by atoms with Gasteiger partial charge in [-0.2, -0.15) is 0 Å². The van der Waals surface area contributed by atoms with E-state index in [2.05, 4.69) is 69.6 Å². The number of nitrogens with zero attached hydrogens (tertiary/aromatic N) is 2. The summed E-state index contributed by atoms with van der Waals surface area (Å²) in [6.45, 7) is 13.1. The van der Waals surface area contributed by atoms with Crippen molar-refractivity contribution in [2.75, 3.05) is 5.32 Å². The van der Waals surface area contributed by atoms with Gasteiger partial charge in [0.1, 0.15) is 11.5 Å². The third kappa shape index (κ3) is 3.09. The minimum atomic E-state index is 0.0332. The summed E-state index contributed by atoms with van der Waals surface area (Å²) in [5.41, 5.74) is 3.48. The number of aryl methyl sites for hydroxylation is 1. The second kappa shape index (κ2) is 4.87. The van der Waals surface area contributed by atoms with E-state index < -0.39 is 0 Å². The van der Waals surface area contributed by atoms with Gasteiger partial charge in [-0.15, -0.1) is 0 Å². The molecule has 3 heteroatoms. The first-order chi connectivity index (χ1) is 8.78. The van der Waals surface area contributed by atoms with Crippen LogP contribution in [0.25, 0.3) is 5.65 Å². The highest BCUT2D eigenvalue weighted by Gasteiger charge is 2.19. The van der Waals surface area contributed by atoms with Crippen molar-refractivity contribution in [3.63, 3.8) is 0 Å². The van der Waals surface area contributed by atoms with Crippen molar-refractivity contribution in [3.05, 3.63) is 29.6 Å². The van der Waals surface area contributed by atoms with Crippen molar-refractivity contribution in [3.8, 4) is 0 Å². The Morgan fingerprint density at radius 2 is 2.00 bits per heavy atom. The molecule has 1 N–H and O–H groups in total. The van der Waals surface area contributed by atoms with Crippen molar-refractivity contribution < 1.29 is 0 Å². The molecular weight excluding hydrogens is 234 g/mol. The molecule has 0 amide bonds. The lowest BCUT2D eigenvalue weighted by atomic mass is 10.1. The van der Waals surface area contributed by atoms with Gasteiger partial charge in [-0.25, -0.2) is 4.98 Å². The van der Waals surface area contributed by atoms with Gasteiger partial charge in [0.2, 0.25) is 0 Å². The molecule has 0 aliphatic heterocycles. The van der Waals surface area contributed by atoms with E-state index in [1.165, 1.54) is 11.3 Å². The molecule has 0 radical (unpaired) electrons. The number of anilines is 1. The minimum Gasteiger partial charge on any atom is -0.365 e. The summed E-state index contributed by atoms with van der Waals surface area (Å²) in [6, 6.07) is 4.19. The molecule has 2 heterocycles. The van der Waals surface area contributed by atoms with Gasteiger partial charge in [0, 0.05) is 11.7 Å². The summed E-state index contributed by atoms with van der Waals surface area (Å²) < 4.78 is 2.18. The first kappa shape index (κ1) is 13.9. The van der Waals surface area contributed by atoms with Crippen molar-refractivity contribution in [2.24, 2.45) is 5.92 Å². The lowest BCUT2D eigenvalue weighted by Gasteiger charge is -2.23. The van der Waals surface area contributed by atoms with Crippen LogP contribution in [0.3, 0.4) is 0 Å². The van der Waals surface area contributed by atoms with Crippen molar-refractivity contribution >= 4 is 11.5 Å². The minimum absolute atomic E-state index is 0.0332. The maximum Gasteiger partial charge on any atom is 0.141 e. The van der Waals surface area contributed by atoms with Crippen molar-refractivity contribution in [2.45, 2.75) is 53.5 Å². The van der Waals surface area contributed by atoms with E-state index in [4.69, 9.17) is 4.98 Å². The van der Waals surface area contributed by atoms with E-state index in [0.717, 1.165) is 17.9 Å². The highest BCUT2D eigenvalue weighted by molar-refractivity contribution is 5.59. The van der Waals surface area contributed by atoms with Crippen LogP contribution in [0.15, 0.2) is 18.3 Å². The summed E-state index contributed by atoms with van der Waals surface area (Å²) in [6.07, 6.45) is 3.09. The monoisotopic (exact) mass is 259 g/mol. The van der Waals surface area contributed by atoms with E-state index in [9.17, 15) is 0 Å². The zero-order chi connectivity index (χ0) is 14.2. The third-order valence-electron chi connectivity index (χ3n) is 3.01. The number of hydrogen-bond donors (Lipinski definition) is 1. The second-order valence-corrected chi connectivity index (χ2v) is 6.76. The van der Waals surface area contributed by atoms with Gasteiger partial charge in [-0.05, 0) is 51.7 Å². The van der Waals surface area contributed by atoms with E-state index >= 15 is 0 Å². The zero-order valence-corrected chi connectivity index (χ0v) is 12.9. The first-order valence-corrected chi connectivity index (χ1v) is 7.02. The van der Waals surface area contributed by atoms with Crippen LogP contribution in [0.5, 0.6) is 0 Å². The van der Waals surface area contributed by atoms with Crippen LogP contribution in [-0.2, 0) is 6.42 Å². The molecule has 2 aromatic heterocycles. The van der Waals surface area contributed by atoms with Gasteiger partial charge >= 0.3 is 0 Å². The fourth-order valence-corrected chi connectivity index (χ4v) is 2.27. The number of rotatable bonds is 3. The van der Waals surface area contributed by atoms with E-state index in [0.29, 0.717) is 5.92 Å². The van der Waals surface area contributed by atoms with Gasteiger partial charge in [0.15, 0.2) is 0 Å². The molecule has 3 nitrogen and oxygen atoms in total. The number of aromatic nitrogens is 2. The van der Waals surface area contributed by atoms with Crippen molar-refractivity contribution in [1.82, 2.24) is 9.38 Å². The van der Waals surface area contributed by atoms with Gasteiger partial charge < -0.3 is 5.32 Å². The average molecular weight is 259 g/mol. The largest absolute Gasteiger partial charge is 0.365 e. The van der Waals surface area contributed by atoms with Crippen LogP contribution in [0.2, 0.25) is 0 Å². The summed E-state index contributed by atoms with van der Waals surface area (Å²) >= 11 is 0. The maximum atomic E-state index is 4.84. The fourth-order valence-electron chi connectivity index (χ4n) is 2.27. The average Bonchev–Trinajstić information content (AvgIpc) is 2.56. The predicted molar refractivity (Wildman–Crippen MR) is 81.8 cm³/mol. The van der Waals surface area contributed by atoms with Gasteiger partial charge in [0.05, 0.1) is 5.69 Å². The highest BCUT2D eigenvalue weighted by atomic mass is 15.2. The zero-order valence-electron chi connectivity index (χ0n) is 12.9. The third-order valence-corrected chi connectivity index (χ3v) is 3.01. The van der Waals surface area contributed by atoms with E-state index in [1.807, 2.05) is 0 Å². The lowest BCUT2D eigenvalue weighted by Crippen LogP contribution is -2.27. The van der Waals surface area contributed by atoms with Gasteiger partial charge in [0.25, 0.3) is 0 Å². The predicted octanol–water partition coefficient (Wildman–Crippen LogP) is 4.05. The lowest BCUT2D eigenvalue weighted by molar-refractivity contribution is 0.614. The molecule has 0 aromatic carbocycles. The summed E-state index contributed by atoms with van der Waals surface area (Å²) in [7, 11) is 0. The summed E-state index contributed by atoms with van der Waals surface area (Å²) in [5, 5.41) is 3.61. The number of fused-ring (bicyclic) bond motifs is 1. The van der Waals surface area contributed by atoms with Crippen molar-refractivity contribution in [1.29, 1.82) is 0 Å². The Labute approximate surface area is 116 Å². The quantitative estimate of drug-likeness (QED) is 0.901. The molecule has 0 saturated carbocycles. The van der Waals surface area contributed by atoms with Crippen LogP contribution < -0.4 is 5.32 Å². The molecule has 0 bridgehead atoms. The normalized spacial score (nSPS) is 12.4. The molecule has 0 aliphatic carbocycles. The van der Waals surface area contributed by atoms with Crippen LogP contribution >= 0.6 is 0 Å². The molecular formula is C16H25N3. The second-order valence-electron chi connectivity index (χ2n) is 6.76. The van der Waals surface area contributed by atoms with Crippen LogP contribution in [0.4, 0.5) is 5.82 Å². The maximum absolute atomic E-state index is 4.84. The topological polar surface area (TPSA) is 29.3 Å². The standard InChI is InChI=1S/C16H25N3/c1-11(2)10-13-15(18-16(4,5)6)19-9-7-8-12(3)14(19)17-13/h7-9,11,18H,10H2,1-6H3. The molecule has 0 atom stereocenters. The molecule has 104 valence electrons. The summed E-state index contributed by atoms with van der Waals surface area (Å²) in [5.74, 6) is 1.74. The molecule has 0 unspecified atom stereocenters. The molecule has 0 fully saturated rings. The Kier molecular flexibility index (Phi) is 3.57. The van der Waals surface area contributed by atoms with E-state index in [-0.39, 0.29) is 5.54 Å². The molecule has 0 aliphatic rings. The Morgan fingerprint density at radius 3 is 2.58 bits per heavy atom. The fraction of sp³-hybridized carbons (Fsp3) is 0.562. The van der Waals surface area contributed by atoms with Gasteiger partial charge in [-0.1, -0.05) is 19.9 Å². The Hall–Kier alpha value is -1.51. The Bertz CT molecular complexity index is 573. The SMILES string of the molecule is Cc1cccn2c(NC(C)(C)C)c(CC(C)C)nc12. The smallest absolute Gasteiger partial charge is 0.141 e. The number of nitrogens with one attached hydrogen (secondary N) is 1. The van der Waals surface area contributed by atoms with Crippen LogP contribution in [0, 0.1) is 12.8 Å². The van der Waals surface area contributed by atoms with Crippen LogP contribution in [-0.4, -0.2) is 14.9 Å². The number of pyridine rings is 1. The van der Waals surface area contributed by atoms with E-state index in [1.54, 1.807) is 0 Å². The first-order valence-electron chi connectivity index (χ1n) is 7.02. The van der Waals surface area contributed by atoms with Gasteiger partial charge in [-0.3, -0.25) is 4.40 Å². The highest BCUT2D eigenvalue weighted by Crippen LogP contribution is 2.25. The van der Waals surface area contributed by atoms with Crippen LogP contribution in [0.1, 0.15) is 45.9 Å². The molecule has 0 saturated heterocycles. The molecule has 0 spiro atoms.